The highest BCUT2D eigenvalue weighted by atomic mass is 35.5. The molecule has 1 aliphatic heterocycles. The van der Waals surface area contributed by atoms with Gasteiger partial charge in [-0.25, -0.2) is 9.97 Å². The number of ether oxygens (including phenoxy) is 2. The van der Waals surface area contributed by atoms with E-state index in [2.05, 4.69) is 27.2 Å². The van der Waals surface area contributed by atoms with Gasteiger partial charge < -0.3 is 19.7 Å². The minimum absolute atomic E-state index is 0. The Morgan fingerprint density at radius 1 is 1.14 bits per heavy atom. The summed E-state index contributed by atoms with van der Waals surface area (Å²) in [6, 6.07) is 11.3. The lowest BCUT2D eigenvalue weighted by molar-refractivity contribution is 0.116. The summed E-state index contributed by atoms with van der Waals surface area (Å²) in [5.41, 5.74) is 1.54. The van der Waals surface area contributed by atoms with Gasteiger partial charge in [0, 0.05) is 19.2 Å². The Hall–Kier alpha value is -2.28. The van der Waals surface area contributed by atoms with Gasteiger partial charge in [-0.15, -0.1) is 12.4 Å². The van der Waals surface area contributed by atoms with E-state index >= 15 is 0 Å². The van der Waals surface area contributed by atoms with Crippen LogP contribution in [-0.4, -0.2) is 48.2 Å². The molecule has 1 fully saturated rings. The third-order valence-electron chi connectivity index (χ3n) is 5.01. The van der Waals surface area contributed by atoms with Gasteiger partial charge in [0.15, 0.2) is 0 Å². The van der Waals surface area contributed by atoms with Crippen LogP contribution in [0, 0.1) is 0 Å². The number of anilines is 2. The topological polar surface area (TPSA) is 59.5 Å². The molecule has 154 valence electrons. The molecule has 0 radical (unpaired) electrons. The van der Waals surface area contributed by atoms with Gasteiger partial charge in [0.1, 0.15) is 29.7 Å². The summed E-state index contributed by atoms with van der Waals surface area (Å²) in [4.78, 5) is 11.2. The van der Waals surface area contributed by atoms with Crippen LogP contribution in [0.25, 0.3) is 10.9 Å². The molecule has 2 aromatic carbocycles. The zero-order valence-electron chi connectivity index (χ0n) is 16.4. The van der Waals surface area contributed by atoms with E-state index < -0.39 is 0 Å². The highest BCUT2D eigenvalue weighted by Crippen LogP contribution is 2.35. The van der Waals surface area contributed by atoms with Crippen molar-refractivity contribution in [2.75, 3.05) is 32.6 Å². The van der Waals surface area contributed by atoms with Gasteiger partial charge in [-0.1, -0.05) is 17.7 Å². The van der Waals surface area contributed by atoms with Gasteiger partial charge in [-0.2, -0.15) is 0 Å². The van der Waals surface area contributed by atoms with Crippen LogP contribution in [0.15, 0.2) is 42.7 Å². The average molecular weight is 435 g/mol. The first-order valence-electron chi connectivity index (χ1n) is 9.33. The van der Waals surface area contributed by atoms with Crippen LogP contribution in [-0.2, 0) is 0 Å². The van der Waals surface area contributed by atoms with Crippen molar-refractivity contribution in [3.8, 4) is 11.5 Å². The molecule has 4 rings (SSSR count). The number of nitrogens with zero attached hydrogens (tertiary/aromatic N) is 3. The highest BCUT2D eigenvalue weighted by molar-refractivity contribution is 6.33. The molecule has 0 atom stereocenters. The van der Waals surface area contributed by atoms with Gasteiger partial charge in [0.25, 0.3) is 0 Å². The van der Waals surface area contributed by atoms with Crippen LogP contribution < -0.4 is 14.8 Å². The number of piperidine rings is 1. The maximum Gasteiger partial charge on any atom is 0.145 e. The second kappa shape index (κ2) is 9.48. The molecule has 0 aliphatic carbocycles. The maximum atomic E-state index is 6.37. The van der Waals surface area contributed by atoms with Crippen molar-refractivity contribution in [3.05, 3.63) is 47.7 Å². The van der Waals surface area contributed by atoms with E-state index in [1.54, 1.807) is 13.2 Å². The largest absolute Gasteiger partial charge is 0.497 e. The number of rotatable bonds is 5. The number of likely N-dealkylation sites (tertiary alicyclic amines) is 1. The lowest BCUT2D eigenvalue weighted by Crippen LogP contribution is -2.35. The van der Waals surface area contributed by atoms with Crippen molar-refractivity contribution in [1.82, 2.24) is 14.9 Å². The van der Waals surface area contributed by atoms with Crippen LogP contribution in [0.4, 0.5) is 11.5 Å². The number of halogens is 2. The number of hydrogen-bond donors (Lipinski definition) is 1. The highest BCUT2D eigenvalue weighted by Gasteiger charge is 2.20. The Balaban J connectivity index is 0.00000240. The van der Waals surface area contributed by atoms with Crippen molar-refractivity contribution in [3.63, 3.8) is 0 Å². The monoisotopic (exact) mass is 434 g/mol. The van der Waals surface area contributed by atoms with Crippen LogP contribution in [0.3, 0.4) is 0 Å². The molecule has 0 spiro atoms. The quantitative estimate of drug-likeness (QED) is 0.613. The molecule has 1 aliphatic rings. The molecule has 0 unspecified atom stereocenters. The number of hydrogen-bond acceptors (Lipinski definition) is 6. The second-order valence-electron chi connectivity index (χ2n) is 6.96. The van der Waals surface area contributed by atoms with E-state index in [9.17, 15) is 0 Å². The van der Waals surface area contributed by atoms with Gasteiger partial charge in [-0.3, -0.25) is 0 Å². The summed E-state index contributed by atoms with van der Waals surface area (Å²) in [5.74, 6) is 2.16. The molecule has 1 N–H and O–H groups in total. The number of aromatic nitrogens is 2. The Labute approximate surface area is 181 Å². The lowest BCUT2D eigenvalue weighted by atomic mass is 10.1. The molecular formula is C21H24Cl2N4O2. The molecule has 1 saturated heterocycles. The summed E-state index contributed by atoms with van der Waals surface area (Å²) in [6.07, 6.45) is 3.74. The van der Waals surface area contributed by atoms with E-state index in [0.29, 0.717) is 16.6 Å². The van der Waals surface area contributed by atoms with Crippen LogP contribution >= 0.6 is 24.0 Å². The zero-order valence-corrected chi connectivity index (χ0v) is 18.0. The fourth-order valence-corrected chi connectivity index (χ4v) is 3.57. The van der Waals surface area contributed by atoms with Crippen LogP contribution in [0.1, 0.15) is 12.8 Å². The summed E-state index contributed by atoms with van der Waals surface area (Å²) >= 11 is 6.37. The fourth-order valence-electron chi connectivity index (χ4n) is 3.41. The number of fused-ring (bicyclic) bond motifs is 1. The first-order valence-corrected chi connectivity index (χ1v) is 9.71. The van der Waals surface area contributed by atoms with E-state index in [4.69, 9.17) is 21.1 Å². The van der Waals surface area contributed by atoms with E-state index in [0.717, 1.165) is 48.3 Å². The third-order valence-corrected chi connectivity index (χ3v) is 5.34. The van der Waals surface area contributed by atoms with Crippen molar-refractivity contribution < 1.29 is 9.47 Å². The van der Waals surface area contributed by atoms with E-state index in [1.807, 2.05) is 30.3 Å². The predicted molar refractivity (Wildman–Crippen MR) is 119 cm³/mol. The summed E-state index contributed by atoms with van der Waals surface area (Å²) in [5, 5.41) is 4.76. The van der Waals surface area contributed by atoms with Crippen molar-refractivity contribution >= 4 is 46.4 Å². The minimum Gasteiger partial charge on any atom is -0.497 e. The molecule has 3 aromatic rings. The molecule has 2 heterocycles. The smallest absolute Gasteiger partial charge is 0.145 e. The standard InChI is InChI=1S/C21H23ClN4O2.ClH/c1-26-10-8-14(9-11-26)28-19-5-3-4-17-20(19)21(24-13-23-17)25-18-12-15(27-2)6-7-16(18)22;/h3-7,12-14H,8-11H2,1-2H3,(H,23,24,25);1H. The van der Waals surface area contributed by atoms with Gasteiger partial charge in [0.2, 0.25) is 0 Å². The molecule has 29 heavy (non-hydrogen) atoms. The summed E-state index contributed by atoms with van der Waals surface area (Å²) in [7, 11) is 3.77. The first-order chi connectivity index (χ1) is 13.6. The van der Waals surface area contributed by atoms with Crippen LogP contribution in [0.5, 0.6) is 11.5 Å². The predicted octanol–water partition coefficient (Wildman–Crippen LogP) is 4.93. The van der Waals surface area contributed by atoms with Crippen molar-refractivity contribution in [2.24, 2.45) is 0 Å². The molecule has 0 amide bonds. The van der Waals surface area contributed by atoms with E-state index in [-0.39, 0.29) is 18.5 Å². The SMILES string of the molecule is COc1ccc(Cl)c(Nc2ncnc3cccc(OC4CCN(C)CC4)c23)c1.Cl. The Bertz CT molecular complexity index is 973. The van der Waals surface area contributed by atoms with Gasteiger partial charge in [-0.05, 0) is 44.2 Å². The molecule has 1 aromatic heterocycles. The number of methoxy groups -OCH3 is 1. The summed E-state index contributed by atoms with van der Waals surface area (Å²) < 4.78 is 11.7. The van der Waals surface area contributed by atoms with Crippen molar-refractivity contribution in [1.29, 1.82) is 0 Å². The summed E-state index contributed by atoms with van der Waals surface area (Å²) in [6.45, 7) is 2.08. The molecule has 8 heteroatoms. The number of nitrogens with one attached hydrogen (secondary N) is 1. The Morgan fingerprint density at radius 3 is 2.69 bits per heavy atom. The van der Waals surface area contributed by atoms with Gasteiger partial charge >= 0.3 is 0 Å². The normalized spacial score (nSPS) is 15.0. The molecular weight excluding hydrogens is 411 g/mol. The Morgan fingerprint density at radius 2 is 1.93 bits per heavy atom. The Kier molecular flexibility index (Phi) is 7.00. The number of benzene rings is 2. The first kappa shape index (κ1) is 21.4. The lowest BCUT2D eigenvalue weighted by Gasteiger charge is -2.29. The van der Waals surface area contributed by atoms with E-state index in [1.165, 1.54) is 6.33 Å². The molecule has 0 saturated carbocycles. The fraction of sp³-hybridized carbons (Fsp3) is 0.333. The maximum absolute atomic E-state index is 6.37. The molecule has 0 bridgehead atoms. The third kappa shape index (κ3) is 4.83. The van der Waals surface area contributed by atoms with Crippen LogP contribution in [0.2, 0.25) is 5.02 Å². The van der Waals surface area contributed by atoms with Crippen molar-refractivity contribution in [2.45, 2.75) is 18.9 Å². The van der Waals surface area contributed by atoms with Gasteiger partial charge in [0.05, 0.1) is 28.7 Å². The molecule has 6 nitrogen and oxygen atoms in total. The average Bonchev–Trinajstić information content (AvgIpc) is 2.71. The zero-order chi connectivity index (χ0) is 19.5. The minimum atomic E-state index is 0. The second-order valence-corrected chi connectivity index (χ2v) is 7.37.